The quantitative estimate of drug-likeness (QED) is 0.193. The summed E-state index contributed by atoms with van der Waals surface area (Å²) in [6, 6.07) is 4.58. The van der Waals surface area contributed by atoms with Crippen LogP contribution < -0.4 is 10.1 Å². The number of hydrogen-bond acceptors (Lipinski definition) is 4. The first-order chi connectivity index (χ1) is 13.8. The zero-order valence-corrected chi connectivity index (χ0v) is 19.7. The minimum atomic E-state index is -4.43. The number of ether oxygens (including phenoxy) is 2. The van der Waals surface area contributed by atoms with Gasteiger partial charge in [-0.1, -0.05) is 6.07 Å². The maximum absolute atomic E-state index is 12.7. The Bertz CT molecular complexity index is 658. The van der Waals surface area contributed by atoms with E-state index in [1.54, 1.807) is 0 Å². The molecule has 1 fully saturated rings. The van der Waals surface area contributed by atoms with Crippen LogP contribution in [0.4, 0.5) is 13.2 Å². The van der Waals surface area contributed by atoms with Crippen LogP contribution in [0.2, 0.25) is 0 Å². The van der Waals surface area contributed by atoms with Gasteiger partial charge in [-0.3, -0.25) is 4.99 Å². The highest BCUT2D eigenvalue weighted by atomic mass is 127. The van der Waals surface area contributed by atoms with Crippen molar-refractivity contribution in [2.24, 2.45) is 10.9 Å². The third-order valence-electron chi connectivity index (χ3n) is 4.37. The van der Waals surface area contributed by atoms with Gasteiger partial charge in [0.25, 0.3) is 0 Å². The summed E-state index contributed by atoms with van der Waals surface area (Å²) in [6.07, 6.45) is -2.88. The fourth-order valence-electron chi connectivity index (χ4n) is 2.51. The molecule has 1 aliphatic carbocycles. The number of aliphatic hydroxyl groups excluding tert-OH is 1. The molecule has 1 aromatic rings. The van der Waals surface area contributed by atoms with Gasteiger partial charge in [-0.25, -0.2) is 0 Å². The highest BCUT2D eigenvalue weighted by molar-refractivity contribution is 14.0. The Morgan fingerprint density at radius 3 is 2.73 bits per heavy atom. The largest absolute Gasteiger partial charge is 0.491 e. The molecule has 0 saturated heterocycles. The molecule has 172 valence electrons. The van der Waals surface area contributed by atoms with Crippen molar-refractivity contribution in [1.82, 2.24) is 10.2 Å². The smallest absolute Gasteiger partial charge is 0.416 e. The first-order valence-corrected chi connectivity index (χ1v) is 9.85. The topological polar surface area (TPSA) is 66.3 Å². The number of guanidine groups is 1. The molecule has 0 amide bonds. The molecule has 0 heterocycles. The van der Waals surface area contributed by atoms with Crippen molar-refractivity contribution in [3.8, 4) is 5.75 Å². The molecule has 10 heteroatoms. The van der Waals surface area contributed by atoms with E-state index in [1.165, 1.54) is 25.0 Å². The fourth-order valence-corrected chi connectivity index (χ4v) is 2.51. The molecular formula is C20H31F3IN3O3. The summed E-state index contributed by atoms with van der Waals surface area (Å²) in [5.41, 5.74) is -0.789. The Morgan fingerprint density at radius 2 is 2.10 bits per heavy atom. The predicted molar refractivity (Wildman–Crippen MR) is 121 cm³/mol. The highest BCUT2D eigenvalue weighted by Gasteiger charge is 2.30. The zero-order chi connectivity index (χ0) is 21.3. The lowest BCUT2D eigenvalue weighted by molar-refractivity contribution is -0.137. The Hall–Kier alpha value is -1.27. The van der Waals surface area contributed by atoms with E-state index in [4.69, 9.17) is 9.47 Å². The number of nitrogens with zero attached hydrogens (tertiary/aromatic N) is 2. The monoisotopic (exact) mass is 545 g/mol. The SMILES string of the molecule is CCNC(=NCC(O)COc1cccc(C(F)(F)F)c1)N(C)CCOCC1CC1.I. The summed E-state index contributed by atoms with van der Waals surface area (Å²) >= 11 is 0. The van der Waals surface area contributed by atoms with Crippen molar-refractivity contribution in [2.75, 3.05) is 46.5 Å². The molecule has 6 nitrogen and oxygen atoms in total. The number of rotatable bonds is 11. The second-order valence-electron chi connectivity index (χ2n) is 7.12. The van der Waals surface area contributed by atoms with Crippen LogP contribution >= 0.6 is 24.0 Å². The van der Waals surface area contributed by atoms with Gasteiger partial charge < -0.3 is 24.8 Å². The summed E-state index contributed by atoms with van der Waals surface area (Å²) in [5, 5.41) is 13.2. The standard InChI is InChI=1S/C20H30F3N3O3.HI/c1-3-24-19(26(2)9-10-28-13-15-7-8-15)25-12-17(27)14-29-18-6-4-5-16(11-18)20(21,22)23;/h4-6,11,15,17,27H,3,7-10,12-14H2,1-2H3,(H,24,25);1H. The molecule has 1 unspecified atom stereocenters. The molecule has 0 bridgehead atoms. The van der Waals surface area contributed by atoms with Crippen molar-refractivity contribution in [3.05, 3.63) is 29.8 Å². The molecular weight excluding hydrogens is 514 g/mol. The number of likely N-dealkylation sites (N-methyl/N-ethyl adjacent to an activating group) is 1. The normalized spacial score (nSPS) is 15.3. The molecule has 0 spiro atoms. The molecule has 1 aromatic carbocycles. The lowest BCUT2D eigenvalue weighted by Crippen LogP contribution is -2.41. The molecule has 0 radical (unpaired) electrons. The van der Waals surface area contributed by atoms with Crippen LogP contribution in [-0.2, 0) is 10.9 Å². The average molecular weight is 545 g/mol. The van der Waals surface area contributed by atoms with Gasteiger partial charge in [0.05, 0.1) is 18.7 Å². The van der Waals surface area contributed by atoms with Gasteiger partial charge >= 0.3 is 6.18 Å². The van der Waals surface area contributed by atoms with Gasteiger partial charge in [0.1, 0.15) is 18.5 Å². The minimum Gasteiger partial charge on any atom is -0.491 e. The van der Waals surface area contributed by atoms with Crippen LogP contribution in [0.5, 0.6) is 5.75 Å². The Balaban J connectivity index is 0.00000450. The number of benzene rings is 1. The van der Waals surface area contributed by atoms with Crippen LogP contribution in [0.3, 0.4) is 0 Å². The number of halogens is 4. The lowest BCUT2D eigenvalue weighted by atomic mass is 10.2. The van der Waals surface area contributed by atoms with Crippen molar-refractivity contribution in [1.29, 1.82) is 0 Å². The van der Waals surface area contributed by atoms with E-state index in [0.717, 1.165) is 18.7 Å². The maximum atomic E-state index is 12.7. The Morgan fingerprint density at radius 1 is 1.37 bits per heavy atom. The summed E-state index contributed by atoms with van der Waals surface area (Å²) < 4.78 is 49.1. The van der Waals surface area contributed by atoms with E-state index >= 15 is 0 Å². The summed E-state index contributed by atoms with van der Waals surface area (Å²) in [7, 11) is 1.88. The minimum absolute atomic E-state index is 0. The molecule has 30 heavy (non-hydrogen) atoms. The van der Waals surface area contributed by atoms with Crippen molar-refractivity contribution in [2.45, 2.75) is 32.0 Å². The number of aliphatic imine (C=N–C) groups is 1. The van der Waals surface area contributed by atoms with Crippen molar-refractivity contribution < 1.29 is 27.8 Å². The number of hydrogen-bond donors (Lipinski definition) is 2. The molecule has 2 N–H and O–H groups in total. The first-order valence-electron chi connectivity index (χ1n) is 9.85. The summed E-state index contributed by atoms with van der Waals surface area (Å²) in [6.45, 7) is 4.58. The van der Waals surface area contributed by atoms with Crippen molar-refractivity contribution >= 4 is 29.9 Å². The van der Waals surface area contributed by atoms with Crippen LogP contribution in [0.25, 0.3) is 0 Å². The second-order valence-corrected chi connectivity index (χ2v) is 7.12. The lowest BCUT2D eigenvalue weighted by Gasteiger charge is -2.22. The first kappa shape index (κ1) is 26.8. The number of aliphatic hydroxyl groups is 1. The number of nitrogens with one attached hydrogen (secondary N) is 1. The predicted octanol–water partition coefficient (Wildman–Crippen LogP) is 3.39. The molecule has 1 aliphatic rings. The van der Waals surface area contributed by atoms with Crippen LogP contribution in [0.15, 0.2) is 29.3 Å². The third kappa shape index (κ3) is 10.2. The molecule has 2 rings (SSSR count). The van der Waals surface area contributed by atoms with E-state index in [2.05, 4.69) is 10.3 Å². The van der Waals surface area contributed by atoms with Gasteiger partial charge in [-0.15, -0.1) is 24.0 Å². The average Bonchev–Trinajstić information content (AvgIpc) is 3.50. The molecule has 1 atom stereocenters. The van der Waals surface area contributed by atoms with Gasteiger partial charge in [0.2, 0.25) is 0 Å². The van der Waals surface area contributed by atoms with E-state index in [0.29, 0.717) is 31.6 Å². The fraction of sp³-hybridized carbons (Fsp3) is 0.650. The van der Waals surface area contributed by atoms with Crippen LogP contribution in [0, 0.1) is 5.92 Å². The Kier molecular flexibility index (Phi) is 11.8. The van der Waals surface area contributed by atoms with E-state index in [1.807, 2.05) is 18.9 Å². The summed E-state index contributed by atoms with van der Waals surface area (Å²) in [5.74, 6) is 1.40. The highest BCUT2D eigenvalue weighted by Crippen LogP contribution is 2.31. The molecule has 0 aliphatic heterocycles. The van der Waals surface area contributed by atoms with Gasteiger partial charge in [0, 0.05) is 26.7 Å². The van der Waals surface area contributed by atoms with E-state index in [9.17, 15) is 18.3 Å². The van der Waals surface area contributed by atoms with Crippen LogP contribution in [-0.4, -0.2) is 68.6 Å². The zero-order valence-electron chi connectivity index (χ0n) is 17.3. The number of alkyl halides is 3. The second kappa shape index (κ2) is 13.2. The van der Waals surface area contributed by atoms with Gasteiger partial charge in [0.15, 0.2) is 5.96 Å². The third-order valence-corrected chi connectivity index (χ3v) is 4.37. The van der Waals surface area contributed by atoms with Gasteiger partial charge in [-0.2, -0.15) is 13.2 Å². The molecule has 1 saturated carbocycles. The van der Waals surface area contributed by atoms with Crippen LogP contribution in [0.1, 0.15) is 25.3 Å². The van der Waals surface area contributed by atoms with E-state index < -0.39 is 17.8 Å². The van der Waals surface area contributed by atoms with Gasteiger partial charge in [-0.05, 0) is 43.9 Å². The molecule has 0 aromatic heterocycles. The van der Waals surface area contributed by atoms with E-state index in [-0.39, 0.29) is 42.9 Å². The summed E-state index contributed by atoms with van der Waals surface area (Å²) in [4.78, 5) is 6.29. The maximum Gasteiger partial charge on any atom is 0.416 e. The Labute approximate surface area is 192 Å². The van der Waals surface area contributed by atoms with Crippen molar-refractivity contribution in [3.63, 3.8) is 0 Å².